The van der Waals surface area contributed by atoms with Gasteiger partial charge in [0.15, 0.2) is 0 Å². The van der Waals surface area contributed by atoms with Crippen molar-refractivity contribution in [2.45, 2.75) is 25.8 Å². The average molecular weight is 353 g/mol. The molecule has 2 aliphatic heterocycles. The molecule has 137 valence electrons. The van der Waals surface area contributed by atoms with Crippen LogP contribution in [-0.2, 0) is 13.0 Å². The predicted octanol–water partition coefficient (Wildman–Crippen LogP) is 2.37. The topological polar surface area (TPSA) is 50.6 Å². The maximum absolute atomic E-state index is 13.1. The minimum absolute atomic E-state index is 0.0741. The fraction of sp³-hybridized carbons (Fsp3) is 0.450. The third kappa shape index (κ3) is 3.04. The molecule has 0 saturated carbocycles. The van der Waals surface area contributed by atoms with Crippen LogP contribution in [-0.4, -0.2) is 53.6 Å². The molecule has 1 radical (unpaired) electrons. The summed E-state index contributed by atoms with van der Waals surface area (Å²) in [6, 6.07) is 8.08. The minimum atomic E-state index is 0.0741. The zero-order valence-electron chi connectivity index (χ0n) is 15.3. The van der Waals surface area contributed by atoms with Gasteiger partial charge in [-0.3, -0.25) is 4.79 Å². The number of aromatic nitrogens is 2. The number of ether oxygens (including phenoxy) is 1. The number of piperazine rings is 1. The molecule has 0 aliphatic carbocycles. The van der Waals surface area contributed by atoms with Gasteiger partial charge in [-0.2, -0.15) is 0 Å². The summed E-state index contributed by atoms with van der Waals surface area (Å²) in [5, 5.41) is 0. The first-order chi connectivity index (χ1) is 12.7. The SMILES string of the molecule is [CH2]c1nc2n(c1C(=O)N1CCN(c3ccc(OC)cc3)CC1)CCCC2. The lowest BCUT2D eigenvalue weighted by molar-refractivity contribution is 0.0734. The zero-order valence-corrected chi connectivity index (χ0v) is 15.3. The summed E-state index contributed by atoms with van der Waals surface area (Å²) in [6.45, 7) is 7.97. The molecule has 2 aromatic rings. The van der Waals surface area contributed by atoms with Gasteiger partial charge in [-0.1, -0.05) is 0 Å². The van der Waals surface area contributed by atoms with E-state index in [2.05, 4.69) is 33.5 Å². The first-order valence-corrected chi connectivity index (χ1v) is 9.27. The van der Waals surface area contributed by atoms with E-state index in [1.807, 2.05) is 17.0 Å². The second-order valence-electron chi connectivity index (χ2n) is 6.91. The standard InChI is InChI=1S/C20H25N4O2/c1-15-19(24-10-4-3-5-18(24)21-15)20(25)23-13-11-22(12-14-23)16-6-8-17(26-2)9-7-16/h6-9H,1,3-5,10-14H2,2H3. The number of methoxy groups -OCH3 is 1. The fourth-order valence-corrected chi connectivity index (χ4v) is 3.89. The van der Waals surface area contributed by atoms with Gasteiger partial charge in [-0.25, -0.2) is 4.98 Å². The van der Waals surface area contributed by atoms with E-state index in [0.29, 0.717) is 24.5 Å². The summed E-state index contributed by atoms with van der Waals surface area (Å²) in [7, 11) is 1.67. The first-order valence-electron chi connectivity index (χ1n) is 9.27. The maximum Gasteiger partial charge on any atom is 0.272 e. The van der Waals surface area contributed by atoms with E-state index in [9.17, 15) is 4.79 Å². The van der Waals surface area contributed by atoms with Crippen molar-refractivity contribution in [2.75, 3.05) is 38.2 Å². The minimum Gasteiger partial charge on any atom is -0.497 e. The molecular formula is C20H25N4O2. The number of benzene rings is 1. The lowest BCUT2D eigenvalue weighted by Gasteiger charge is -2.36. The molecule has 1 amide bonds. The zero-order chi connectivity index (χ0) is 18.1. The lowest BCUT2D eigenvalue weighted by Crippen LogP contribution is -2.49. The van der Waals surface area contributed by atoms with E-state index in [0.717, 1.165) is 56.2 Å². The third-order valence-electron chi connectivity index (χ3n) is 5.36. The Balaban J connectivity index is 1.44. The van der Waals surface area contributed by atoms with Crippen LogP contribution in [0.3, 0.4) is 0 Å². The van der Waals surface area contributed by atoms with E-state index >= 15 is 0 Å². The van der Waals surface area contributed by atoms with Gasteiger partial charge in [0.1, 0.15) is 17.3 Å². The van der Waals surface area contributed by atoms with Crippen LogP contribution in [0.25, 0.3) is 0 Å². The van der Waals surface area contributed by atoms with Crippen molar-refractivity contribution in [3.05, 3.63) is 48.4 Å². The molecule has 6 heteroatoms. The molecule has 2 aliphatic rings. The van der Waals surface area contributed by atoms with Crippen LogP contribution in [0.5, 0.6) is 5.75 Å². The number of hydrogen-bond donors (Lipinski definition) is 0. The van der Waals surface area contributed by atoms with Gasteiger partial charge in [-0.05, 0) is 44.0 Å². The largest absolute Gasteiger partial charge is 0.497 e. The monoisotopic (exact) mass is 353 g/mol. The molecule has 6 nitrogen and oxygen atoms in total. The van der Waals surface area contributed by atoms with Crippen LogP contribution in [0.15, 0.2) is 24.3 Å². The van der Waals surface area contributed by atoms with Crippen molar-refractivity contribution in [3.63, 3.8) is 0 Å². The van der Waals surface area contributed by atoms with Gasteiger partial charge in [-0.15, -0.1) is 0 Å². The molecule has 0 atom stereocenters. The van der Waals surface area contributed by atoms with E-state index in [4.69, 9.17) is 4.74 Å². The summed E-state index contributed by atoms with van der Waals surface area (Å²) >= 11 is 0. The Kier molecular flexibility index (Phi) is 4.57. The van der Waals surface area contributed by atoms with E-state index < -0.39 is 0 Å². The first kappa shape index (κ1) is 16.9. The Bertz CT molecular complexity index is 789. The summed E-state index contributed by atoms with van der Waals surface area (Å²) < 4.78 is 7.30. The highest BCUT2D eigenvalue weighted by Gasteiger charge is 2.28. The molecule has 1 aromatic heterocycles. The van der Waals surface area contributed by atoms with Crippen molar-refractivity contribution < 1.29 is 9.53 Å². The number of hydrogen-bond acceptors (Lipinski definition) is 4. The number of carbonyl (C=O) groups is 1. The summed E-state index contributed by atoms with van der Waals surface area (Å²) in [4.78, 5) is 21.8. The number of amides is 1. The van der Waals surface area contributed by atoms with Gasteiger partial charge < -0.3 is 19.1 Å². The number of carbonyl (C=O) groups excluding carboxylic acids is 1. The fourth-order valence-electron chi connectivity index (χ4n) is 3.89. The van der Waals surface area contributed by atoms with Crippen molar-refractivity contribution in [1.82, 2.24) is 14.5 Å². The molecule has 26 heavy (non-hydrogen) atoms. The van der Waals surface area contributed by atoms with Gasteiger partial charge in [0, 0.05) is 44.8 Å². The summed E-state index contributed by atoms with van der Waals surface area (Å²) in [5.41, 5.74) is 2.49. The van der Waals surface area contributed by atoms with Crippen LogP contribution in [0.1, 0.15) is 34.8 Å². The third-order valence-corrected chi connectivity index (χ3v) is 5.36. The molecule has 0 spiro atoms. The highest BCUT2D eigenvalue weighted by molar-refractivity contribution is 5.94. The molecule has 1 aromatic carbocycles. The highest BCUT2D eigenvalue weighted by atomic mass is 16.5. The Morgan fingerprint density at radius 3 is 2.50 bits per heavy atom. The van der Waals surface area contributed by atoms with Crippen LogP contribution in [0.2, 0.25) is 0 Å². The number of imidazole rings is 1. The molecule has 1 saturated heterocycles. The summed E-state index contributed by atoms with van der Waals surface area (Å²) in [6.07, 6.45) is 3.19. The summed E-state index contributed by atoms with van der Waals surface area (Å²) in [5.74, 6) is 1.95. The van der Waals surface area contributed by atoms with E-state index in [1.54, 1.807) is 7.11 Å². The number of fused-ring (bicyclic) bond motifs is 1. The van der Waals surface area contributed by atoms with Crippen LogP contribution in [0, 0.1) is 6.92 Å². The maximum atomic E-state index is 13.1. The second-order valence-corrected chi connectivity index (χ2v) is 6.91. The number of nitrogens with zero attached hydrogens (tertiary/aromatic N) is 4. The van der Waals surface area contributed by atoms with Crippen LogP contribution in [0.4, 0.5) is 5.69 Å². The Morgan fingerprint density at radius 1 is 1.08 bits per heavy atom. The molecule has 0 N–H and O–H groups in total. The van der Waals surface area contributed by atoms with Gasteiger partial charge in [0.25, 0.3) is 5.91 Å². The van der Waals surface area contributed by atoms with Gasteiger partial charge in [0.2, 0.25) is 0 Å². The molecule has 1 fully saturated rings. The number of anilines is 1. The van der Waals surface area contributed by atoms with Crippen LogP contribution >= 0.6 is 0 Å². The quantitative estimate of drug-likeness (QED) is 0.850. The molecule has 0 unspecified atom stereocenters. The van der Waals surface area contributed by atoms with Crippen molar-refractivity contribution in [1.29, 1.82) is 0 Å². The lowest BCUT2D eigenvalue weighted by atomic mass is 10.1. The smallest absolute Gasteiger partial charge is 0.272 e. The van der Waals surface area contributed by atoms with Gasteiger partial charge >= 0.3 is 0 Å². The predicted molar refractivity (Wildman–Crippen MR) is 101 cm³/mol. The second kappa shape index (κ2) is 7.02. The highest BCUT2D eigenvalue weighted by Crippen LogP contribution is 2.23. The van der Waals surface area contributed by atoms with Crippen molar-refractivity contribution in [2.24, 2.45) is 0 Å². The molecule has 3 heterocycles. The van der Waals surface area contributed by atoms with Crippen molar-refractivity contribution >= 4 is 11.6 Å². The number of rotatable bonds is 3. The van der Waals surface area contributed by atoms with Gasteiger partial charge in [0.05, 0.1) is 12.8 Å². The van der Waals surface area contributed by atoms with Crippen LogP contribution < -0.4 is 9.64 Å². The molecule has 0 bridgehead atoms. The Hall–Kier alpha value is -2.50. The number of aryl methyl sites for hydroxylation is 1. The Morgan fingerprint density at radius 2 is 1.81 bits per heavy atom. The van der Waals surface area contributed by atoms with E-state index in [-0.39, 0.29) is 5.91 Å². The molecule has 4 rings (SSSR count). The molecular weight excluding hydrogens is 328 g/mol. The normalized spacial score (nSPS) is 17.2. The average Bonchev–Trinajstić information content (AvgIpc) is 3.03. The van der Waals surface area contributed by atoms with Crippen molar-refractivity contribution in [3.8, 4) is 5.75 Å². The Labute approximate surface area is 154 Å². The van der Waals surface area contributed by atoms with E-state index in [1.165, 1.54) is 0 Å².